The lowest BCUT2D eigenvalue weighted by Gasteiger charge is -2.15. The maximum absolute atomic E-state index is 12.4. The van der Waals surface area contributed by atoms with E-state index in [-0.39, 0.29) is 12.2 Å². The van der Waals surface area contributed by atoms with E-state index in [9.17, 15) is 14.7 Å². The minimum Gasteiger partial charge on any atom is -0.502 e. The van der Waals surface area contributed by atoms with E-state index in [1.54, 1.807) is 24.3 Å². The van der Waals surface area contributed by atoms with Crippen LogP contribution in [-0.2, 0) is 9.53 Å². The highest BCUT2D eigenvalue weighted by molar-refractivity contribution is 7.08. The molecule has 0 fully saturated rings. The third kappa shape index (κ3) is 2.85. The Morgan fingerprint density at radius 1 is 1.35 bits per heavy atom. The van der Waals surface area contributed by atoms with Gasteiger partial charge in [0, 0.05) is 0 Å². The largest absolute Gasteiger partial charge is 0.502 e. The van der Waals surface area contributed by atoms with Crippen molar-refractivity contribution in [3.05, 3.63) is 62.6 Å². The number of thiophene rings is 1. The Balaban J connectivity index is 2.19. The third-order valence-electron chi connectivity index (χ3n) is 3.66. The van der Waals surface area contributed by atoms with E-state index >= 15 is 0 Å². The summed E-state index contributed by atoms with van der Waals surface area (Å²) in [6.45, 7) is 0. The molecule has 0 aliphatic carbocycles. The molecule has 0 spiro atoms. The van der Waals surface area contributed by atoms with Gasteiger partial charge in [-0.15, -0.1) is 0 Å². The van der Waals surface area contributed by atoms with E-state index in [2.05, 4.69) is 0 Å². The number of carbonyl (C=O) groups excluding carboxylic acids is 1. The van der Waals surface area contributed by atoms with E-state index in [0.717, 1.165) is 5.56 Å². The first-order valence-electron chi connectivity index (χ1n) is 6.95. The maximum Gasteiger partial charge on any atom is 0.306 e. The average molecular weight is 330 g/mol. The lowest BCUT2D eigenvalue weighted by atomic mass is 9.94. The number of fused-ring (bicyclic) bond motifs is 1. The minimum absolute atomic E-state index is 0.0257. The zero-order valence-electron chi connectivity index (χ0n) is 12.3. The van der Waals surface area contributed by atoms with Gasteiger partial charge in [-0.05, 0) is 34.5 Å². The third-order valence-corrected chi connectivity index (χ3v) is 4.36. The highest BCUT2D eigenvalue weighted by atomic mass is 32.1. The SMILES string of the molecule is COC(=O)C[C@@H](c1ccsc1)c1oc2ccccc2c(=O)c1O. The molecule has 0 aliphatic heterocycles. The summed E-state index contributed by atoms with van der Waals surface area (Å²) in [5, 5.41) is 14.3. The van der Waals surface area contributed by atoms with Crippen LogP contribution in [0.15, 0.2) is 50.3 Å². The number of ether oxygens (including phenoxy) is 1. The molecule has 0 aliphatic rings. The van der Waals surface area contributed by atoms with Gasteiger partial charge >= 0.3 is 5.97 Å². The number of methoxy groups -OCH3 is 1. The summed E-state index contributed by atoms with van der Waals surface area (Å²) in [7, 11) is 1.30. The quantitative estimate of drug-likeness (QED) is 0.743. The standard InChI is InChI=1S/C17H14O5S/c1-21-14(18)8-12(10-6-7-23-9-10)17-16(20)15(19)11-4-2-3-5-13(11)22-17/h2-7,9,12,20H,8H2,1H3/t12-/m0/s1. The number of hydrogen-bond acceptors (Lipinski definition) is 6. The predicted octanol–water partition coefficient (Wildman–Crippen LogP) is 3.26. The first kappa shape index (κ1) is 15.3. The van der Waals surface area contributed by atoms with Gasteiger partial charge in [0.25, 0.3) is 0 Å². The number of carbonyl (C=O) groups is 1. The first-order chi connectivity index (χ1) is 11.1. The van der Waals surface area contributed by atoms with Crippen LogP contribution in [0.5, 0.6) is 5.75 Å². The van der Waals surface area contributed by atoms with Crippen LogP contribution < -0.4 is 5.43 Å². The van der Waals surface area contributed by atoms with Crippen LogP contribution in [-0.4, -0.2) is 18.2 Å². The molecule has 0 amide bonds. The van der Waals surface area contributed by atoms with Crippen LogP contribution in [0.2, 0.25) is 0 Å². The molecule has 0 saturated heterocycles. The van der Waals surface area contributed by atoms with Gasteiger partial charge in [-0.25, -0.2) is 0 Å². The van der Waals surface area contributed by atoms with Crippen LogP contribution >= 0.6 is 11.3 Å². The van der Waals surface area contributed by atoms with Gasteiger partial charge in [0.15, 0.2) is 5.76 Å². The molecule has 2 heterocycles. The fourth-order valence-corrected chi connectivity index (χ4v) is 3.19. The van der Waals surface area contributed by atoms with Crippen molar-refractivity contribution in [1.29, 1.82) is 0 Å². The van der Waals surface area contributed by atoms with Crippen molar-refractivity contribution in [2.45, 2.75) is 12.3 Å². The summed E-state index contributed by atoms with van der Waals surface area (Å²) in [4.78, 5) is 24.1. The van der Waals surface area contributed by atoms with Crippen LogP contribution in [0.3, 0.4) is 0 Å². The van der Waals surface area contributed by atoms with Gasteiger partial charge in [0.05, 0.1) is 24.8 Å². The molecule has 118 valence electrons. The Morgan fingerprint density at radius 3 is 2.83 bits per heavy atom. The van der Waals surface area contributed by atoms with E-state index in [0.29, 0.717) is 11.0 Å². The van der Waals surface area contributed by atoms with Gasteiger partial charge in [-0.3, -0.25) is 9.59 Å². The average Bonchev–Trinajstić information content (AvgIpc) is 3.10. The Morgan fingerprint density at radius 2 is 2.13 bits per heavy atom. The lowest BCUT2D eigenvalue weighted by Crippen LogP contribution is -2.13. The summed E-state index contributed by atoms with van der Waals surface area (Å²) in [5.74, 6) is -1.41. The minimum atomic E-state index is -0.578. The summed E-state index contributed by atoms with van der Waals surface area (Å²) in [5.41, 5.74) is 0.650. The van der Waals surface area contributed by atoms with E-state index in [1.165, 1.54) is 18.4 Å². The Labute approximate surface area is 135 Å². The van der Waals surface area contributed by atoms with Gasteiger partial charge in [-0.1, -0.05) is 12.1 Å². The van der Waals surface area contributed by atoms with Gasteiger partial charge in [0.2, 0.25) is 11.2 Å². The molecule has 6 heteroatoms. The second-order valence-electron chi connectivity index (χ2n) is 5.03. The number of rotatable bonds is 4. The number of benzene rings is 1. The number of para-hydroxylation sites is 1. The molecule has 0 radical (unpaired) electrons. The Kier molecular flexibility index (Phi) is 4.16. The summed E-state index contributed by atoms with van der Waals surface area (Å²) < 4.78 is 10.5. The molecule has 0 unspecified atom stereocenters. The van der Waals surface area contributed by atoms with Gasteiger partial charge in [0.1, 0.15) is 5.58 Å². The van der Waals surface area contributed by atoms with Crippen LogP contribution in [0.1, 0.15) is 23.7 Å². The molecule has 1 aromatic carbocycles. The first-order valence-corrected chi connectivity index (χ1v) is 7.89. The van der Waals surface area contributed by atoms with E-state index in [1.807, 2.05) is 16.8 Å². The normalized spacial score (nSPS) is 12.2. The second kappa shape index (κ2) is 6.26. The highest BCUT2D eigenvalue weighted by Crippen LogP contribution is 2.35. The zero-order valence-corrected chi connectivity index (χ0v) is 13.1. The molecule has 1 atom stereocenters. The molecule has 23 heavy (non-hydrogen) atoms. The monoisotopic (exact) mass is 330 g/mol. The summed E-state index contributed by atoms with van der Waals surface area (Å²) >= 11 is 1.46. The van der Waals surface area contributed by atoms with Gasteiger partial charge < -0.3 is 14.3 Å². The van der Waals surface area contributed by atoms with E-state index < -0.39 is 23.1 Å². The van der Waals surface area contributed by atoms with Gasteiger partial charge in [-0.2, -0.15) is 11.3 Å². The number of hydrogen-bond donors (Lipinski definition) is 1. The smallest absolute Gasteiger partial charge is 0.306 e. The zero-order chi connectivity index (χ0) is 16.4. The molecule has 3 rings (SSSR count). The van der Waals surface area contributed by atoms with Crippen LogP contribution in [0.25, 0.3) is 11.0 Å². The summed E-state index contributed by atoms with van der Waals surface area (Å²) in [6, 6.07) is 8.51. The van der Waals surface area contributed by atoms with Crippen molar-refractivity contribution in [2.24, 2.45) is 0 Å². The molecule has 0 saturated carbocycles. The Hall–Kier alpha value is -2.60. The summed E-state index contributed by atoms with van der Waals surface area (Å²) in [6.07, 6.45) is -0.0257. The number of aromatic hydroxyl groups is 1. The van der Waals surface area contributed by atoms with Crippen molar-refractivity contribution in [3.63, 3.8) is 0 Å². The Bertz CT molecular complexity index is 895. The molecule has 3 aromatic rings. The van der Waals surface area contributed by atoms with Crippen LogP contribution in [0.4, 0.5) is 0 Å². The van der Waals surface area contributed by atoms with E-state index in [4.69, 9.17) is 9.15 Å². The molecular weight excluding hydrogens is 316 g/mol. The van der Waals surface area contributed by atoms with Crippen molar-refractivity contribution in [1.82, 2.24) is 0 Å². The predicted molar refractivity (Wildman–Crippen MR) is 86.9 cm³/mol. The lowest BCUT2D eigenvalue weighted by molar-refractivity contribution is -0.140. The second-order valence-corrected chi connectivity index (χ2v) is 5.81. The molecule has 2 aromatic heterocycles. The van der Waals surface area contributed by atoms with Crippen LogP contribution in [0, 0.1) is 0 Å². The van der Waals surface area contributed by atoms with Crippen molar-refractivity contribution >= 4 is 28.3 Å². The number of esters is 1. The van der Waals surface area contributed by atoms with Crippen molar-refractivity contribution < 1.29 is 19.1 Å². The topological polar surface area (TPSA) is 76.7 Å². The van der Waals surface area contributed by atoms with Crippen molar-refractivity contribution in [2.75, 3.05) is 7.11 Å². The molecule has 0 bridgehead atoms. The fraction of sp³-hybridized carbons (Fsp3) is 0.176. The highest BCUT2D eigenvalue weighted by Gasteiger charge is 2.27. The molecule has 5 nitrogen and oxygen atoms in total. The molecular formula is C17H14O5S. The maximum atomic E-state index is 12.4. The van der Waals surface area contributed by atoms with Crippen molar-refractivity contribution in [3.8, 4) is 5.75 Å². The fourth-order valence-electron chi connectivity index (χ4n) is 2.47. The molecule has 1 N–H and O–H groups in total.